The lowest BCUT2D eigenvalue weighted by atomic mass is 10.0. The molecule has 0 aromatic heterocycles. The Kier molecular flexibility index (Phi) is 11.7. The van der Waals surface area contributed by atoms with Gasteiger partial charge in [0.1, 0.15) is 0 Å². The molecule has 0 radical (unpaired) electrons. The zero-order chi connectivity index (χ0) is 23.0. The third-order valence-corrected chi connectivity index (χ3v) is 4.35. The van der Waals surface area contributed by atoms with E-state index in [9.17, 15) is 15.0 Å². The lowest BCUT2D eigenvalue weighted by Gasteiger charge is -2.19. The van der Waals surface area contributed by atoms with Crippen molar-refractivity contribution in [2.45, 2.75) is 109 Å². The molecule has 0 aliphatic rings. The Hall–Kier alpha value is -0.870. The molecule has 0 bridgehead atoms. The summed E-state index contributed by atoms with van der Waals surface area (Å²) in [6, 6.07) is -1.16. The van der Waals surface area contributed by atoms with E-state index in [1.54, 1.807) is 6.08 Å². The molecule has 0 aliphatic heterocycles. The number of aliphatic hydroxyl groups excluding tert-OH is 2. The van der Waals surface area contributed by atoms with Crippen molar-refractivity contribution in [3.8, 4) is 0 Å². The van der Waals surface area contributed by atoms with E-state index < -0.39 is 37.9 Å². The molecule has 0 aromatic carbocycles. The van der Waals surface area contributed by atoms with Gasteiger partial charge < -0.3 is 15.5 Å². The highest BCUT2D eigenvalue weighted by Gasteiger charge is 2.17. The third-order valence-electron chi connectivity index (χ3n) is 4.35. The van der Waals surface area contributed by atoms with Crippen molar-refractivity contribution in [2.75, 3.05) is 6.61 Å². The van der Waals surface area contributed by atoms with E-state index in [0.29, 0.717) is 0 Å². The standard InChI is InChI=1S/C21H41NO3/c1-3-5-6-7-8-9-10-11-12-13-14-15-16-17-20(24)19(18-23)22-21(25)4-2/h16-17,19-20,23-24H,3-15,18H2,1-2H3,(H,22,25)/b17-16+/t19-,20+/m0/s1/i2D3,4D2. The van der Waals surface area contributed by atoms with Crippen LogP contribution >= 0.6 is 0 Å². The molecule has 148 valence electrons. The Balaban J connectivity index is 4.00. The number of rotatable bonds is 17. The average molecular weight is 361 g/mol. The number of hydrogen-bond acceptors (Lipinski definition) is 3. The second-order valence-corrected chi connectivity index (χ2v) is 6.63. The molecular formula is C21H41NO3. The lowest BCUT2D eigenvalue weighted by Crippen LogP contribution is -2.44. The Labute approximate surface area is 162 Å². The van der Waals surface area contributed by atoms with Crippen molar-refractivity contribution >= 4 is 5.91 Å². The molecule has 0 fully saturated rings. The van der Waals surface area contributed by atoms with Gasteiger partial charge in [0.05, 0.1) is 18.8 Å². The van der Waals surface area contributed by atoms with Gasteiger partial charge in [-0.2, -0.15) is 0 Å². The van der Waals surface area contributed by atoms with Gasteiger partial charge in [-0.25, -0.2) is 0 Å². The molecule has 0 heterocycles. The molecule has 4 nitrogen and oxygen atoms in total. The number of carbonyl (C=O) groups excluding carboxylic acids is 1. The van der Waals surface area contributed by atoms with Gasteiger partial charge in [0.25, 0.3) is 0 Å². The van der Waals surface area contributed by atoms with Gasteiger partial charge >= 0.3 is 0 Å². The fraction of sp³-hybridized carbons (Fsp3) is 0.857. The fourth-order valence-corrected chi connectivity index (χ4v) is 2.74. The summed E-state index contributed by atoms with van der Waals surface area (Å²) in [5, 5.41) is 21.5. The van der Waals surface area contributed by atoms with E-state index in [1.807, 2.05) is 0 Å². The number of allylic oxidation sites excluding steroid dienone is 1. The Morgan fingerprint density at radius 1 is 1.08 bits per heavy atom. The summed E-state index contributed by atoms with van der Waals surface area (Å²) in [4.78, 5) is 11.9. The molecule has 3 N–H and O–H groups in total. The van der Waals surface area contributed by atoms with Crippen LogP contribution in [-0.2, 0) is 4.79 Å². The molecule has 1 amide bonds. The minimum atomic E-state index is -3.13. The van der Waals surface area contributed by atoms with Crippen LogP contribution in [0.15, 0.2) is 12.2 Å². The average Bonchev–Trinajstić information content (AvgIpc) is 2.68. The first-order chi connectivity index (χ1) is 14.1. The molecule has 0 aliphatic carbocycles. The normalized spacial score (nSPS) is 18.0. The van der Waals surface area contributed by atoms with Crippen molar-refractivity contribution in [3.63, 3.8) is 0 Å². The highest BCUT2D eigenvalue weighted by molar-refractivity contribution is 5.75. The summed E-state index contributed by atoms with van der Waals surface area (Å²) in [6.45, 7) is -1.54. The minimum Gasteiger partial charge on any atom is -0.394 e. The highest BCUT2D eigenvalue weighted by Crippen LogP contribution is 2.12. The van der Waals surface area contributed by atoms with Crippen LogP contribution in [0.25, 0.3) is 0 Å². The van der Waals surface area contributed by atoms with Crippen LogP contribution in [0.4, 0.5) is 0 Å². The Bertz CT molecular complexity index is 484. The maximum absolute atomic E-state index is 11.9. The summed E-state index contributed by atoms with van der Waals surface area (Å²) in [7, 11) is 0. The molecule has 2 atom stereocenters. The van der Waals surface area contributed by atoms with Crippen LogP contribution in [0.2, 0.25) is 0 Å². The Morgan fingerprint density at radius 2 is 1.64 bits per heavy atom. The summed E-state index contributed by atoms with van der Waals surface area (Å²) >= 11 is 0. The number of nitrogens with one attached hydrogen (secondary N) is 1. The predicted molar refractivity (Wildman–Crippen MR) is 106 cm³/mol. The van der Waals surface area contributed by atoms with E-state index in [-0.39, 0.29) is 0 Å². The van der Waals surface area contributed by atoms with Crippen LogP contribution in [0.5, 0.6) is 0 Å². The molecule has 0 unspecified atom stereocenters. The van der Waals surface area contributed by atoms with Crippen LogP contribution in [0.3, 0.4) is 0 Å². The summed E-state index contributed by atoms with van der Waals surface area (Å²) in [6.07, 6.45) is 13.4. The first-order valence-electron chi connectivity index (χ1n) is 12.3. The van der Waals surface area contributed by atoms with Crippen LogP contribution in [-0.4, -0.2) is 34.9 Å². The predicted octanol–water partition coefficient (Wildman–Crippen LogP) is 4.49. The van der Waals surface area contributed by atoms with Crippen molar-refractivity contribution in [3.05, 3.63) is 12.2 Å². The highest BCUT2D eigenvalue weighted by atomic mass is 16.3. The SMILES string of the molecule is [2H]C([2H])([2H])C([2H])([2H])C(=O)N[C@@H](CO)[C@H](O)/C=C/CCCCCCCCCCCCC. The van der Waals surface area contributed by atoms with Crippen molar-refractivity contribution in [1.29, 1.82) is 0 Å². The smallest absolute Gasteiger partial charge is 0.220 e. The number of unbranched alkanes of at least 4 members (excludes halogenated alkanes) is 11. The van der Waals surface area contributed by atoms with E-state index >= 15 is 0 Å². The molecular weight excluding hydrogens is 314 g/mol. The number of hydrogen-bond donors (Lipinski definition) is 3. The first-order valence-corrected chi connectivity index (χ1v) is 9.84. The van der Waals surface area contributed by atoms with Crippen LogP contribution in [0, 0.1) is 0 Å². The number of aliphatic hydroxyl groups is 2. The molecule has 0 rings (SSSR count). The monoisotopic (exact) mass is 360 g/mol. The number of amides is 1. The van der Waals surface area contributed by atoms with Crippen molar-refractivity contribution in [2.24, 2.45) is 0 Å². The van der Waals surface area contributed by atoms with E-state index in [1.165, 1.54) is 63.9 Å². The zero-order valence-corrected chi connectivity index (χ0v) is 15.8. The fourth-order valence-electron chi connectivity index (χ4n) is 2.74. The minimum absolute atomic E-state index is 0.632. The molecule has 0 spiro atoms. The molecule has 25 heavy (non-hydrogen) atoms. The third kappa shape index (κ3) is 15.1. The largest absolute Gasteiger partial charge is 0.394 e. The van der Waals surface area contributed by atoms with Crippen LogP contribution in [0.1, 0.15) is 104 Å². The van der Waals surface area contributed by atoms with Gasteiger partial charge in [0, 0.05) is 13.2 Å². The summed E-state index contributed by atoms with van der Waals surface area (Å²) in [5.41, 5.74) is 0. The quantitative estimate of drug-likeness (QED) is 0.264. The van der Waals surface area contributed by atoms with Gasteiger partial charge in [-0.15, -0.1) is 0 Å². The zero-order valence-electron chi connectivity index (χ0n) is 20.8. The second kappa shape index (κ2) is 17.9. The van der Waals surface area contributed by atoms with Gasteiger partial charge in [-0.3, -0.25) is 4.79 Å². The molecule has 0 aromatic rings. The summed E-state index contributed by atoms with van der Waals surface area (Å²) < 4.78 is 36.1. The van der Waals surface area contributed by atoms with E-state index in [4.69, 9.17) is 6.85 Å². The van der Waals surface area contributed by atoms with Gasteiger partial charge in [0.2, 0.25) is 5.91 Å². The van der Waals surface area contributed by atoms with E-state index in [2.05, 4.69) is 12.2 Å². The maximum Gasteiger partial charge on any atom is 0.220 e. The molecule has 0 saturated heterocycles. The van der Waals surface area contributed by atoms with Crippen LogP contribution < -0.4 is 5.32 Å². The van der Waals surface area contributed by atoms with Gasteiger partial charge in [0.15, 0.2) is 0 Å². The lowest BCUT2D eigenvalue weighted by molar-refractivity contribution is -0.122. The van der Waals surface area contributed by atoms with Gasteiger partial charge in [-0.05, 0) is 12.8 Å². The first kappa shape index (κ1) is 16.3. The molecule has 0 saturated carbocycles. The van der Waals surface area contributed by atoms with Crippen molar-refractivity contribution < 1.29 is 21.9 Å². The number of carbonyl (C=O) groups is 1. The second-order valence-electron chi connectivity index (χ2n) is 6.63. The summed E-state index contributed by atoms with van der Waals surface area (Å²) in [5.74, 6) is -1.38. The van der Waals surface area contributed by atoms with Crippen molar-refractivity contribution in [1.82, 2.24) is 5.32 Å². The topological polar surface area (TPSA) is 69.6 Å². The van der Waals surface area contributed by atoms with Gasteiger partial charge in [-0.1, -0.05) is 90.1 Å². The Morgan fingerprint density at radius 3 is 2.16 bits per heavy atom. The molecule has 4 heteroatoms. The maximum atomic E-state index is 11.9. The van der Waals surface area contributed by atoms with E-state index in [0.717, 1.165) is 19.3 Å².